The molecule has 29 heavy (non-hydrogen) atoms. The first-order valence-corrected chi connectivity index (χ1v) is 9.67. The van der Waals surface area contributed by atoms with Gasteiger partial charge in [0.15, 0.2) is 0 Å². The Morgan fingerprint density at radius 3 is 2.28 bits per heavy atom. The standard InChI is InChI=1S/C23H28N2O4/c1-24(17-18-4-7-20(8-5-18)25-10-12-29-13-11-25)23(26)9-6-19-14-21(27-2)16-22(15-19)28-3/h4-9,14-16H,10-13,17H2,1-3H3/b9-6+. The number of hydrogen-bond donors (Lipinski definition) is 0. The monoisotopic (exact) mass is 396 g/mol. The highest BCUT2D eigenvalue weighted by Crippen LogP contribution is 2.23. The molecule has 1 aliphatic heterocycles. The molecular weight excluding hydrogens is 368 g/mol. The molecule has 0 aliphatic carbocycles. The summed E-state index contributed by atoms with van der Waals surface area (Å²) < 4.78 is 15.9. The van der Waals surface area contributed by atoms with Crippen molar-refractivity contribution in [2.24, 2.45) is 0 Å². The van der Waals surface area contributed by atoms with Gasteiger partial charge >= 0.3 is 0 Å². The van der Waals surface area contributed by atoms with Crippen LogP contribution < -0.4 is 14.4 Å². The Kier molecular flexibility index (Phi) is 7.14. The summed E-state index contributed by atoms with van der Waals surface area (Å²) in [5, 5.41) is 0. The lowest BCUT2D eigenvalue weighted by Gasteiger charge is -2.29. The van der Waals surface area contributed by atoms with E-state index in [1.807, 2.05) is 12.1 Å². The molecule has 2 aromatic rings. The molecule has 2 aromatic carbocycles. The van der Waals surface area contributed by atoms with Crippen molar-refractivity contribution < 1.29 is 19.0 Å². The van der Waals surface area contributed by atoms with Crippen LogP contribution in [0.25, 0.3) is 6.08 Å². The van der Waals surface area contributed by atoms with Crippen LogP contribution in [0.1, 0.15) is 11.1 Å². The maximum Gasteiger partial charge on any atom is 0.246 e. The number of likely N-dealkylation sites (N-methyl/N-ethyl adjacent to an activating group) is 1. The molecule has 0 aromatic heterocycles. The van der Waals surface area contributed by atoms with Crippen LogP contribution in [0.3, 0.4) is 0 Å². The van der Waals surface area contributed by atoms with Crippen LogP contribution in [0.15, 0.2) is 48.5 Å². The van der Waals surface area contributed by atoms with Gasteiger partial charge in [0.05, 0.1) is 27.4 Å². The van der Waals surface area contributed by atoms with Gasteiger partial charge in [0, 0.05) is 44.5 Å². The lowest BCUT2D eigenvalue weighted by molar-refractivity contribution is -0.125. The number of carbonyl (C=O) groups is 1. The first-order chi connectivity index (χ1) is 14.1. The molecule has 1 fully saturated rings. The van der Waals surface area contributed by atoms with Crippen molar-refractivity contribution >= 4 is 17.7 Å². The van der Waals surface area contributed by atoms with Crippen molar-refractivity contribution in [3.8, 4) is 11.5 Å². The van der Waals surface area contributed by atoms with E-state index in [1.165, 1.54) is 5.69 Å². The van der Waals surface area contributed by atoms with Crippen molar-refractivity contribution in [3.63, 3.8) is 0 Å². The molecule has 6 nitrogen and oxygen atoms in total. The number of nitrogens with zero attached hydrogens (tertiary/aromatic N) is 2. The van der Waals surface area contributed by atoms with Gasteiger partial charge in [0.1, 0.15) is 11.5 Å². The minimum atomic E-state index is -0.0657. The van der Waals surface area contributed by atoms with Crippen molar-refractivity contribution in [1.29, 1.82) is 0 Å². The Morgan fingerprint density at radius 1 is 1.07 bits per heavy atom. The van der Waals surface area contributed by atoms with Crippen molar-refractivity contribution in [1.82, 2.24) is 4.90 Å². The van der Waals surface area contributed by atoms with E-state index in [0.29, 0.717) is 18.0 Å². The quantitative estimate of drug-likeness (QED) is 0.673. The van der Waals surface area contributed by atoms with E-state index in [-0.39, 0.29) is 5.91 Å². The molecule has 0 bridgehead atoms. The summed E-state index contributed by atoms with van der Waals surface area (Å²) in [6.45, 7) is 3.91. The smallest absolute Gasteiger partial charge is 0.246 e. The van der Waals surface area contributed by atoms with Gasteiger partial charge < -0.3 is 24.0 Å². The molecule has 154 valence electrons. The molecule has 0 atom stereocenters. The molecule has 0 spiro atoms. The van der Waals surface area contributed by atoms with Crippen LogP contribution >= 0.6 is 0 Å². The Labute approximate surface area is 172 Å². The van der Waals surface area contributed by atoms with Crippen molar-refractivity contribution in [2.45, 2.75) is 6.54 Å². The summed E-state index contributed by atoms with van der Waals surface area (Å²) in [6, 6.07) is 13.9. The summed E-state index contributed by atoms with van der Waals surface area (Å²) >= 11 is 0. The third-order valence-electron chi connectivity index (χ3n) is 4.90. The van der Waals surface area contributed by atoms with Crippen LogP contribution in [0, 0.1) is 0 Å². The Balaban J connectivity index is 1.59. The Bertz CT molecular complexity index is 820. The van der Waals surface area contributed by atoms with Crippen LogP contribution in [-0.2, 0) is 16.1 Å². The second-order valence-electron chi connectivity index (χ2n) is 6.94. The Morgan fingerprint density at radius 2 is 1.69 bits per heavy atom. The van der Waals surface area contributed by atoms with Crippen LogP contribution in [0.4, 0.5) is 5.69 Å². The maximum absolute atomic E-state index is 12.5. The second-order valence-corrected chi connectivity index (χ2v) is 6.94. The molecule has 1 amide bonds. The van der Waals surface area contributed by atoms with Crippen molar-refractivity contribution in [2.75, 3.05) is 52.5 Å². The molecule has 0 saturated carbocycles. The van der Waals surface area contributed by atoms with E-state index >= 15 is 0 Å². The lowest BCUT2D eigenvalue weighted by Crippen LogP contribution is -2.36. The number of rotatable bonds is 7. The molecule has 1 heterocycles. The summed E-state index contributed by atoms with van der Waals surface area (Å²) in [6.07, 6.45) is 3.34. The van der Waals surface area contributed by atoms with Gasteiger partial charge in [-0.25, -0.2) is 0 Å². The van der Waals surface area contributed by atoms with E-state index in [2.05, 4.69) is 29.2 Å². The molecule has 6 heteroatoms. The topological polar surface area (TPSA) is 51.2 Å². The van der Waals surface area contributed by atoms with E-state index in [1.54, 1.807) is 44.4 Å². The minimum Gasteiger partial charge on any atom is -0.497 e. The maximum atomic E-state index is 12.5. The highest BCUT2D eigenvalue weighted by molar-refractivity contribution is 5.91. The number of ether oxygens (including phenoxy) is 3. The largest absolute Gasteiger partial charge is 0.497 e. The van der Waals surface area contributed by atoms with Gasteiger partial charge in [-0.05, 0) is 41.5 Å². The Hall–Kier alpha value is -2.99. The predicted octanol–water partition coefficient (Wildman–Crippen LogP) is 3.21. The predicted molar refractivity (Wildman–Crippen MR) is 115 cm³/mol. The number of carbonyl (C=O) groups excluding carboxylic acids is 1. The number of anilines is 1. The van der Waals surface area contributed by atoms with Gasteiger partial charge in [-0.3, -0.25) is 4.79 Å². The fourth-order valence-corrected chi connectivity index (χ4v) is 3.21. The van der Waals surface area contributed by atoms with Gasteiger partial charge in [-0.15, -0.1) is 0 Å². The average Bonchev–Trinajstić information content (AvgIpc) is 2.78. The number of morpholine rings is 1. The summed E-state index contributed by atoms with van der Waals surface area (Å²) in [7, 11) is 5.01. The molecule has 1 aliphatic rings. The summed E-state index contributed by atoms with van der Waals surface area (Å²) in [4.78, 5) is 16.5. The first-order valence-electron chi connectivity index (χ1n) is 9.67. The third-order valence-corrected chi connectivity index (χ3v) is 4.90. The molecule has 0 radical (unpaired) electrons. The number of methoxy groups -OCH3 is 2. The van der Waals surface area contributed by atoms with Crippen LogP contribution in [-0.4, -0.2) is 58.4 Å². The first kappa shape index (κ1) is 20.7. The summed E-state index contributed by atoms with van der Waals surface area (Å²) in [5.74, 6) is 1.30. The molecule has 3 rings (SSSR count). The van der Waals surface area contributed by atoms with Gasteiger partial charge in [0.25, 0.3) is 0 Å². The van der Waals surface area contributed by atoms with E-state index < -0.39 is 0 Å². The molecule has 0 unspecified atom stereocenters. The molecule has 0 N–H and O–H groups in total. The van der Waals surface area contributed by atoms with Crippen molar-refractivity contribution in [3.05, 3.63) is 59.7 Å². The molecule has 1 saturated heterocycles. The van der Waals surface area contributed by atoms with E-state index in [9.17, 15) is 4.79 Å². The normalized spacial score (nSPS) is 14.1. The second kappa shape index (κ2) is 9.98. The highest BCUT2D eigenvalue weighted by Gasteiger charge is 2.11. The minimum absolute atomic E-state index is 0.0657. The zero-order valence-corrected chi connectivity index (χ0v) is 17.3. The highest BCUT2D eigenvalue weighted by atomic mass is 16.5. The van der Waals surface area contributed by atoms with Crippen LogP contribution in [0.2, 0.25) is 0 Å². The number of amides is 1. The zero-order chi connectivity index (χ0) is 20.6. The van der Waals surface area contributed by atoms with E-state index in [0.717, 1.165) is 37.4 Å². The average molecular weight is 396 g/mol. The summed E-state index contributed by atoms with van der Waals surface area (Å²) in [5.41, 5.74) is 3.13. The van der Waals surface area contributed by atoms with Gasteiger partial charge in [0.2, 0.25) is 5.91 Å². The SMILES string of the molecule is COc1cc(/C=C/C(=O)N(C)Cc2ccc(N3CCOCC3)cc2)cc(OC)c1. The number of benzene rings is 2. The van der Waals surface area contributed by atoms with Gasteiger partial charge in [-0.2, -0.15) is 0 Å². The molecular formula is C23H28N2O4. The van der Waals surface area contributed by atoms with Gasteiger partial charge in [-0.1, -0.05) is 12.1 Å². The lowest BCUT2D eigenvalue weighted by atomic mass is 10.1. The zero-order valence-electron chi connectivity index (χ0n) is 17.3. The fourth-order valence-electron chi connectivity index (χ4n) is 3.21. The third kappa shape index (κ3) is 5.74. The van der Waals surface area contributed by atoms with E-state index in [4.69, 9.17) is 14.2 Å². The fraction of sp³-hybridized carbons (Fsp3) is 0.348. The van der Waals surface area contributed by atoms with Crippen LogP contribution in [0.5, 0.6) is 11.5 Å². The number of hydrogen-bond acceptors (Lipinski definition) is 5.